The Hall–Kier alpha value is -2.05. The van der Waals surface area contributed by atoms with Crippen molar-refractivity contribution < 1.29 is 16.8 Å². The van der Waals surface area contributed by atoms with Gasteiger partial charge in [0.2, 0.25) is 4.34 Å². The van der Waals surface area contributed by atoms with E-state index in [4.69, 9.17) is 17.3 Å². The van der Waals surface area contributed by atoms with Crippen molar-refractivity contribution in [3.05, 3.63) is 53.6 Å². The molecule has 0 saturated carbocycles. The van der Waals surface area contributed by atoms with E-state index in [9.17, 15) is 16.8 Å². The number of benzene rings is 2. The molecule has 26 heavy (non-hydrogen) atoms. The van der Waals surface area contributed by atoms with Gasteiger partial charge in [0, 0.05) is 11.3 Å². The van der Waals surface area contributed by atoms with Crippen molar-refractivity contribution in [2.75, 3.05) is 5.73 Å². The van der Waals surface area contributed by atoms with E-state index in [-0.39, 0.29) is 15.6 Å². The maximum Gasteiger partial charge on any atom is 0.283 e. The zero-order valence-corrected chi connectivity index (χ0v) is 16.0. The molecule has 0 unspecified atom stereocenters. The van der Waals surface area contributed by atoms with Crippen LogP contribution in [0, 0.1) is 0 Å². The molecule has 0 spiro atoms. The third-order valence-corrected chi connectivity index (χ3v) is 8.29. The van der Waals surface area contributed by atoms with E-state index < -0.39 is 24.4 Å². The standard InChI is InChI=1S/C14H11ClN4O4S3/c15-12-7-2-1-6-11(12)13-17-18-14(24-13)26(22,23)19-25(20,21)10-5-3-4-9(16)8-10/h1-8,19H,16H2. The Morgan fingerprint density at radius 1 is 0.962 bits per heavy atom. The van der Waals surface area contributed by atoms with Gasteiger partial charge in [-0.1, -0.05) is 51.3 Å². The molecule has 1 aromatic heterocycles. The zero-order chi connectivity index (χ0) is 18.9. The minimum atomic E-state index is -4.46. The largest absolute Gasteiger partial charge is 0.399 e. The number of nitrogens with zero attached hydrogens (tertiary/aromatic N) is 2. The summed E-state index contributed by atoms with van der Waals surface area (Å²) in [7, 11) is -8.81. The Balaban J connectivity index is 1.93. The second-order valence-electron chi connectivity index (χ2n) is 5.02. The van der Waals surface area contributed by atoms with Crippen molar-refractivity contribution >= 4 is 48.7 Å². The Morgan fingerprint density at radius 2 is 1.69 bits per heavy atom. The molecule has 0 saturated heterocycles. The summed E-state index contributed by atoms with van der Waals surface area (Å²) in [6, 6.07) is 11.9. The van der Waals surface area contributed by atoms with E-state index in [1.807, 2.05) is 0 Å². The average Bonchev–Trinajstić information content (AvgIpc) is 3.05. The molecule has 1 heterocycles. The van der Waals surface area contributed by atoms with Gasteiger partial charge >= 0.3 is 0 Å². The maximum atomic E-state index is 12.4. The van der Waals surface area contributed by atoms with Crippen LogP contribution in [0.1, 0.15) is 0 Å². The van der Waals surface area contributed by atoms with Crippen LogP contribution in [0.5, 0.6) is 0 Å². The highest BCUT2D eigenvalue weighted by Gasteiger charge is 2.28. The zero-order valence-electron chi connectivity index (χ0n) is 12.8. The number of aromatic nitrogens is 2. The van der Waals surface area contributed by atoms with E-state index in [1.54, 1.807) is 28.4 Å². The van der Waals surface area contributed by atoms with Crippen molar-refractivity contribution in [3.63, 3.8) is 0 Å². The van der Waals surface area contributed by atoms with Gasteiger partial charge in [-0.15, -0.1) is 10.2 Å². The predicted molar refractivity (Wildman–Crippen MR) is 98.7 cm³/mol. The molecule has 136 valence electrons. The summed E-state index contributed by atoms with van der Waals surface area (Å²) < 4.78 is 50.5. The van der Waals surface area contributed by atoms with E-state index in [0.29, 0.717) is 21.9 Å². The molecule has 3 aromatic rings. The summed E-state index contributed by atoms with van der Waals surface area (Å²) in [4.78, 5) is -0.281. The number of rotatable bonds is 5. The number of sulfonamides is 2. The van der Waals surface area contributed by atoms with Crippen molar-refractivity contribution in [3.8, 4) is 10.6 Å². The first-order valence-electron chi connectivity index (χ1n) is 6.91. The lowest BCUT2D eigenvalue weighted by Gasteiger charge is -2.06. The number of nitrogen functional groups attached to an aromatic ring is 1. The number of hydrogen-bond donors (Lipinski definition) is 2. The minimum Gasteiger partial charge on any atom is -0.399 e. The van der Waals surface area contributed by atoms with Crippen LogP contribution in [0.25, 0.3) is 10.6 Å². The molecule has 0 fully saturated rings. The van der Waals surface area contributed by atoms with Gasteiger partial charge in [-0.25, -0.2) is 16.8 Å². The van der Waals surface area contributed by atoms with E-state index >= 15 is 0 Å². The lowest BCUT2D eigenvalue weighted by molar-refractivity contribution is 0.576. The SMILES string of the molecule is Nc1cccc(S(=O)(=O)NS(=O)(=O)c2nnc(-c3ccccc3Cl)s2)c1. The Labute approximate surface area is 158 Å². The van der Waals surface area contributed by atoms with Gasteiger partial charge in [0.05, 0.1) is 9.92 Å². The summed E-state index contributed by atoms with van der Waals surface area (Å²) in [6.45, 7) is 0. The monoisotopic (exact) mass is 430 g/mol. The lowest BCUT2D eigenvalue weighted by Crippen LogP contribution is -2.30. The molecule has 0 aliphatic carbocycles. The van der Waals surface area contributed by atoms with Gasteiger partial charge < -0.3 is 5.73 Å². The fourth-order valence-corrected chi connectivity index (χ4v) is 6.37. The predicted octanol–water partition coefficient (Wildman–Crippen LogP) is 2.11. The summed E-state index contributed by atoms with van der Waals surface area (Å²) in [5.74, 6) is 0. The van der Waals surface area contributed by atoms with Gasteiger partial charge in [-0.2, -0.15) is 0 Å². The number of anilines is 1. The topological polar surface area (TPSA) is 132 Å². The molecular formula is C14H11ClN4O4S3. The molecule has 2 aromatic carbocycles. The maximum absolute atomic E-state index is 12.4. The van der Waals surface area contributed by atoms with Gasteiger partial charge in [0.15, 0.2) is 0 Å². The van der Waals surface area contributed by atoms with E-state index in [0.717, 1.165) is 6.07 Å². The van der Waals surface area contributed by atoms with Crippen LogP contribution in [0.2, 0.25) is 5.02 Å². The third-order valence-electron chi connectivity index (χ3n) is 3.13. The van der Waals surface area contributed by atoms with Crippen molar-refractivity contribution in [1.82, 2.24) is 14.3 Å². The molecule has 0 bridgehead atoms. The average molecular weight is 431 g/mol. The molecule has 0 radical (unpaired) electrons. The fraction of sp³-hybridized carbons (Fsp3) is 0. The van der Waals surface area contributed by atoms with E-state index in [2.05, 4.69) is 10.2 Å². The second-order valence-corrected chi connectivity index (χ2v) is 10.2. The normalized spacial score (nSPS) is 12.2. The third kappa shape index (κ3) is 3.86. The number of nitrogens with one attached hydrogen (secondary N) is 1. The van der Waals surface area contributed by atoms with Crippen molar-refractivity contribution in [2.45, 2.75) is 9.24 Å². The first kappa shape index (κ1) is 18.7. The van der Waals surface area contributed by atoms with Crippen LogP contribution < -0.4 is 9.86 Å². The van der Waals surface area contributed by atoms with Gasteiger partial charge in [0.1, 0.15) is 5.01 Å². The summed E-state index contributed by atoms with van der Waals surface area (Å²) in [5, 5.41) is 7.97. The summed E-state index contributed by atoms with van der Waals surface area (Å²) in [5.41, 5.74) is 6.21. The van der Waals surface area contributed by atoms with Gasteiger partial charge in [-0.05, 0) is 24.3 Å². The Morgan fingerprint density at radius 3 is 2.38 bits per heavy atom. The van der Waals surface area contributed by atoms with Crippen molar-refractivity contribution in [1.29, 1.82) is 0 Å². The van der Waals surface area contributed by atoms with Crippen LogP contribution in [0.3, 0.4) is 0 Å². The molecule has 0 aliphatic rings. The molecule has 0 atom stereocenters. The number of halogens is 1. The summed E-state index contributed by atoms with van der Waals surface area (Å²) >= 11 is 6.75. The van der Waals surface area contributed by atoms with Crippen LogP contribution in [-0.2, 0) is 20.0 Å². The molecule has 3 N–H and O–H groups in total. The molecular weight excluding hydrogens is 420 g/mol. The highest BCUT2D eigenvalue weighted by molar-refractivity contribution is 8.05. The quantitative estimate of drug-likeness (QED) is 0.592. The number of hydrogen-bond acceptors (Lipinski definition) is 8. The van der Waals surface area contributed by atoms with Crippen LogP contribution in [-0.4, -0.2) is 27.0 Å². The number of nitrogens with two attached hydrogens (primary N) is 1. The smallest absolute Gasteiger partial charge is 0.283 e. The van der Waals surface area contributed by atoms with Crippen LogP contribution in [0.4, 0.5) is 5.69 Å². The molecule has 0 aliphatic heterocycles. The Kier molecular flexibility index (Phi) is 4.99. The first-order valence-corrected chi connectivity index (χ1v) is 11.1. The molecule has 3 rings (SSSR count). The minimum absolute atomic E-state index is 0.183. The second kappa shape index (κ2) is 6.93. The first-order chi connectivity index (χ1) is 12.2. The lowest BCUT2D eigenvalue weighted by atomic mass is 10.2. The molecule has 0 amide bonds. The Bertz CT molecular complexity index is 1180. The van der Waals surface area contributed by atoms with Gasteiger partial charge in [0.25, 0.3) is 20.0 Å². The van der Waals surface area contributed by atoms with Gasteiger partial charge in [-0.3, -0.25) is 0 Å². The van der Waals surface area contributed by atoms with Crippen LogP contribution >= 0.6 is 22.9 Å². The highest BCUT2D eigenvalue weighted by atomic mass is 35.5. The molecule has 12 heteroatoms. The van der Waals surface area contributed by atoms with E-state index in [1.165, 1.54) is 18.2 Å². The fourth-order valence-electron chi connectivity index (χ4n) is 1.97. The highest BCUT2D eigenvalue weighted by Crippen LogP contribution is 2.31. The van der Waals surface area contributed by atoms with Crippen molar-refractivity contribution in [2.24, 2.45) is 0 Å². The summed E-state index contributed by atoms with van der Waals surface area (Å²) in [6.07, 6.45) is 0. The van der Waals surface area contributed by atoms with Crippen LogP contribution in [0.15, 0.2) is 57.8 Å². The molecule has 8 nitrogen and oxygen atoms in total.